The minimum absolute atomic E-state index is 0.182. The molecule has 0 amide bonds. The van der Waals surface area contributed by atoms with E-state index in [2.05, 4.69) is 48.1 Å². The van der Waals surface area contributed by atoms with Crippen LogP contribution in [0, 0.1) is 0 Å². The van der Waals surface area contributed by atoms with Crippen molar-refractivity contribution in [3.8, 4) is 0 Å². The molecule has 2 aromatic rings. The highest BCUT2D eigenvalue weighted by Crippen LogP contribution is 2.23. The van der Waals surface area contributed by atoms with Crippen LogP contribution in [0.25, 0.3) is 0 Å². The number of rotatable bonds is 5. The molecule has 0 spiro atoms. The standard InChI is InChI=1S/C18H24N2/c1-2-4-18(19)17-9-10-20(13-17)12-14-7-8-15-5-3-6-16(15)11-14/h7-11,13,18H,2-6,12,19H2,1H3. The topological polar surface area (TPSA) is 30.9 Å². The molecule has 106 valence electrons. The van der Waals surface area contributed by atoms with E-state index in [1.807, 2.05) is 0 Å². The van der Waals surface area contributed by atoms with Gasteiger partial charge < -0.3 is 10.3 Å². The summed E-state index contributed by atoms with van der Waals surface area (Å²) >= 11 is 0. The van der Waals surface area contributed by atoms with Gasteiger partial charge in [-0.2, -0.15) is 0 Å². The summed E-state index contributed by atoms with van der Waals surface area (Å²) in [5.74, 6) is 0. The van der Waals surface area contributed by atoms with Gasteiger partial charge in [-0.15, -0.1) is 0 Å². The van der Waals surface area contributed by atoms with Crippen molar-refractivity contribution in [1.29, 1.82) is 0 Å². The molecule has 1 aliphatic rings. The van der Waals surface area contributed by atoms with Crippen molar-refractivity contribution in [2.75, 3.05) is 0 Å². The van der Waals surface area contributed by atoms with Crippen LogP contribution in [0.5, 0.6) is 0 Å². The number of fused-ring (bicyclic) bond motifs is 1. The number of hydrogen-bond donors (Lipinski definition) is 1. The molecule has 0 saturated carbocycles. The van der Waals surface area contributed by atoms with E-state index in [1.165, 1.54) is 30.4 Å². The van der Waals surface area contributed by atoms with E-state index < -0.39 is 0 Å². The van der Waals surface area contributed by atoms with Gasteiger partial charge in [0.05, 0.1) is 0 Å². The maximum absolute atomic E-state index is 6.17. The van der Waals surface area contributed by atoms with Crippen molar-refractivity contribution in [1.82, 2.24) is 4.57 Å². The molecule has 2 heteroatoms. The van der Waals surface area contributed by atoms with E-state index in [4.69, 9.17) is 5.73 Å². The van der Waals surface area contributed by atoms with Gasteiger partial charge in [0.25, 0.3) is 0 Å². The summed E-state index contributed by atoms with van der Waals surface area (Å²) in [5, 5.41) is 0. The van der Waals surface area contributed by atoms with Gasteiger partial charge in [-0.1, -0.05) is 31.5 Å². The van der Waals surface area contributed by atoms with E-state index in [9.17, 15) is 0 Å². The fourth-order valence-corrected chi connectivity index (χ4v) is 3.19. The monoisotopic (exact) mass is 268 g/mol. The van der Waals surface area contributed by atoms with Crippen LogP contribution in [0.15, 0.2) is 36.7 Å². The lowest BCUT2D eigenvalue weighted by Gasteiger charge is -2.08. The van der Waals surface area contributed by atoms with Crippen LogP contribution in [0.3, 0.4) is 0 Å². The lowest BCUT2D eigenvalue weighted by Crippen LogP contribution is -2.08. The SMILES string of the molecule is CCCC(N)c1ccn(Cc2ccc3c(c2)CCC3)c1. The molecule has 1 aliphatic carbocycles. The normalized spacial score (nSPS) is 15.3. The Kier molecular flexibility index (Phi) is 3.93. The van der Waals surface area contributed by atoms with Crippen molar-refractivity contribution in [3.63, 3.8) is 0 Å². The van der Waals surface area contributed by atoms with Crippen LogP contribution < -0.4 is 5.73 Å². The average molecular weight is 268 g/mol. The summed E-state index contributed by atoms with van der Waals surface area (Å²) in [7, 11) is 0. The number of hydrogen-bond acceptors (Lipinski definition) is 1. The Hall–Kier alpha value is -1.54. The molecule has 3 rings (SSSR count). The predicted molar refractivity (Wildman–Crippen MR) is 83.8 cm³/mol. The first-order valence-corrected chi connectivity index (χ1v) is 7.78. The van der Waals surface area contributed by atoms with E-state index in [0.717, 1.165) is 19.4 Å². The molecule has 1 aromatic heterocycles. The molecule has 0 saturated heterocycles. The van der Waals surface area contributed by atoms with Gasteiger partial charge in [0.15, 0.2) is 0 Å². The van der Waals surface area contributed by atoms with Crippen LogP contribution in [-0.4, -0.2) is 4.57 Å². The van der Waals surface area contributed by atoms with Crippen molar-refractivity contribution in [2.45, 2.75) is 51.6 Å². The molecule has 20 heavy (non-hydrogen) atoms. The highest BCUT2D eigenvalue weighted by Gasteiger charge is 2.11. The number of aromatic nitrogens is 1. The van der Waals surface area contributed by atoms with E-state index >= 15 is 0 Å². The minimum Gasteiger partial charge on any atom is -0.350 e. The first-order valence-electron chi connectivity index (χ1n) is 7.78. The molecule has 2 nitrogen and oxygen atoms in total. The Morgan fingerprint density at radius 3 is 2.90 bits per heavy atom. The molecule has 0 fully saturated rings. The number of nitrogens with zero attached hydrogens (tertiary/aromatic N) is 1. The lowest BCUT2D eigenvalue weighted by molar-refractivity contribution is 0.636. The minimum atomic E-state index is 0.182. The van der Waals surface area contributed by atoms with Gasteiger partial charge in [0, 0.05) is 25.0 Å². The van der Waals surface area contributed by atoms with Crippen LogP contribution in [0.2, 0.25) is 0 Å². The zero-order chi connectivity index (χ0) is 13.9. The Morgan fingerprint density at radius 1 is 1.20 bits per heavy atom. The zero-order valence-corrected chi connectivity index (χ0v) is 12.3. The molecule has 2 N–H and O–H groups in total. The van der Waals surface area contributed by atoms with Gasteiger partial charge in [-0.3, -0.25) is 0 Å². The second-order valence-corrected chi connectivity index (χ2v) is 5.97. The van der Waals surface area contributed by atoms with Gasteiger partial charge in [0.1, 0.15) is 0 Å². The Morgan fingerprint density at radius 2 is 2.05 bits per heavy atom. The maximum Gasteiger partial charge on any atom is 0.0470 e. The molecular formula is C18H24N2. The van der Waals surface area contributed by atoms with Crippen molar-refractivity contribution >= 4 is 0 Å². The molecule has 1 atom stereocenters. The third kappa shape index (κ3) is 2.80. The molecule has 0 aliphatic heterocycles. The van der Waals surface area contributed by atoms with E-state index in [-0.39, 0.29) is 6.04 Å². The Balaban J connectivity index is 1.71. The molecular weight excluding hydrogens is 244 g/mol. The third-order valence-electron chi connectivity index (χ3n) is 4.33. The Bertz CT molecular complexity index is 583. The average Bonchev–Trinajstić information content (AvgIpc) is 3.07. The highest BCUT2D eigenvalue weighted by molar-refractivity contribution is 5.35. The smallest absolute Gasteiger partial charge is 0.0470 e. The third-order valence-corrected chi connectivity index (χ3v) is 4.33. The zero-order valence-electron chi connectivity index (χ0n) is 12.3. The number of nitrogens with two attached hydrogens (primary N) is 1. The fourth-order valence-electron chi connectivity index (χ4n) is 3.19. The second-order valence-electron chi connectivity index (χ2n) is 5.97. The van der Waals surface area contributed by atoms with Crippen molar-refractivity contribution < 1.29 is 0 Å². The summed E-state index contributed by atoms with van der Waals surface area (Å²) in [6.07, 6.45) is 10.4. The summed E-state index contributed by atoms with van der Waals surface area (Å²) in [6, 6.07) is 9.31. The predicted octanol–water partition coefficient (Wildman–Crippen LogP) is 3.83. The molecule has 1 heterocycles. The summed E-state index contributed by atoms with van der Waals surface area (Å²) in [6.45, 7) is 3.13. The van der Waals surface area contributed by atoms with Gasteiger partial charge in [-0.05, 0) is 54.0 Å². The fraction of sp³-hybridized carbons (Fsp3) is 0.444. The highest BCUT2D eigenvalue weighted by atomic mass is 14.9. The van der Waals surface area contributed by atoms with Crippen molar-refractivity contribution in [3.05, 3.63) is 58.9 Å². The van der Waals surface area contributed by atoms with E-state index in [1.54, 1.807) is 11.1 Å². The lowest BCUT2D eigenvalue weighted by atomic mass is 10.1. The van der Waals surface area contributed by atoms with Gasteiger partial charge in [-0.25, -0.2) is 0 Å². The molecule has 1 aromatic carbocycles. The number of benzene rings is 1. The first kappa shape index (κ1) is 13.4. The molecule has 0 radical (unpaired) electrons. The van der Waals surface area contributed by atoms with E-state index in [0.29, 0.717) is 0 Å². The van der Waals surface area contributed by atoms with Gasteiger partial charge >= 0.3 is 0 Å². The van der Waals surface area contributed by atoms with Gasteiger partial charge in [0.2, 0.25) is 0 Å². The summed E-state index contributed by atoms with van der Waals surface area (Å²) in [4.78, 5) is 0. The van der Waals surface area contributed by atoms with Crippen LogP contribution in [0.1, 0.15) is 54.5 Å². The quantitative estimate of drug-likeness (QED) is 0.878. The van der Waals surface area contributed by atoms with Crippen LogP contribution in [-0.2, 0) is 19.4 Å². The summed E-state index contributed by atoms with van der Waals surface area (Å²) < 4.78 is 2.25. The first-order chi connectivity index (χ1) is 9.76. The van der Waals surface area contributed by atoms with Crippen LogP contribution >= 0.6 is 0 Å². The Labute approximate surface area is 121 Å². The summed E-state index contributed by atoms with van der Waals surface area (Å²) in [5.41, 5.74) is 11.9. The maximum atomic E-state index is 6.17. The number of aryl methyl sites for hydroxylation is 2. The largest absolute Gasteiger partial charge is 0.350 e. The van der Waals surface area contributed by atoms with Crippen molar-refractivity contribution in [2.24, 2.45) is 5.73 Å². The van der Waals surface area contributed by atoms with Crippen LogP contribution in [0.4, 0.5) is 0 Å². The second kappa shape index (κ2) is 5.84. The molecule has 0 bridgehead atoms. The molecule has 1 unspecified atom stereocenters.